The molecular weight excluding hydrogens is 330 g/mol. The van der Waals surface area contributed by atoms with Gasteiger partial charge in [0.25, 0.3) is 11.8 Å². The lowest BCUT2D eigenvalue weighted by Gasteiger charge is -2.05. The Balaban J connectivity index is 1.92. The number of carbonyl (C=O) groups excluding carboxylic acids is 2. The number of benzene rings is 1. The minimum absolute atomic E-state index is 0.0358. The van der Waals surface area contributed by atoms with Crippen LogP contribution in [0.5, 0.6) is 5.75 Å². The van der Waals surface area contributed by atoms with Gasteiger partial charge in [-0.05, 0) is 29.6 Å². The zero-order valence-corrected chi connectivity index (χ0v) is 13.4. The first-order valence-corrected chi connectivity index (χ1v) is 7.77. The molecule has 1 aromatic carbocycles. The number of amides is 2. The predicted octanol–water partition coefficient (Wildman–Crippen LogP) is 2.76. The molecule has 0 atom stereocenters. The van der Waals surface area contributed by atoms with Crippen LogP contribution >= 0.6 is 11.3 Å². The monoisotopic (exact) mass is 343 g/mol. The fraction of sp³-hybridized carbons (Fsp3) is 0.0625. The highest BCUT2D eigenvalue weighted by Crippen LogP contribution is 2.31. The zero-order chi connectivity index (χ0) is 17.1. The lowest BCUT2D eigenvalue weighted by molar-refractivity contribution is 0.100. The molecule has 3 rings (SSSR count). The van der Waals surface area contributed by atoms with Crippen LogP contribution in [-0.4, -0.2) is 24.1 Å². The van der Waals surface area contributed by atoms with E-state index in [0.717, 1.165) is 4.88 Å². The molecule has 0 bridgehead atoms. The van der Waals surface area contributed by atoms with E-state index in [0.29, 0.717) is 17.0 Å². The minimum Gasteiger partial charge on any atom is -0.497 e. The molecular formula is C16H13N3O4S. The summed E-state index contributed by atoms with van der Waals surface area (Å²) in [4.78, 5) is 24.8. The van der Waals surface area contributed by atoms with Gasteiger partial charge in [-0.2, -0.15) is 0 Å². The van der Waals surface area contributed by atoms with Gasteiger partial charge < -0.3 is 15.0 Å². The molecule has 0 fully saturated rings. The number of methoxy groups -OCH3 is 1. The van der Waals surface area contributed by atoms with Crippen LogP contribution < -0.4 is 15.8 Å². The quantitative estimate of drug-likeness (QED) is 0.740. The SMILES string of the molecule is COc1cccc(C(=O)Nc2onc(-c3cccs3)c2C(N)=O)c1. The summed E-state index contributed by atoms with van der Waals surface area (Å²) in [6, 6.07) is 10.2. The summed E-state index contributed by atoms with van der Waals surface area (Å²) >= 11 is 1.38. The van der Waals surface area contributed by atoms with Crippen LogP contribution in [0, 0.1) is 0 Å². The topological polar surface area (TPSA) is 107 Å². The van der Waals surface area contributed by atoms with Gasteiger partial charge >= 0.3 is 0 Å². The van der Waals surface area contributed by atoms with Crippen LogP contribution in [-0.2, 0) is 0 Å². The molecule has 8 heteroatoms. The van der Waals surface area contributed by atoms with Crippen molar-refractivity contribution >= 4 is 29.0 Å². The molecule has 2 heterocycles. The van der Waals surface area contributed by atoms with Crippen molar-refractivity contribution in [3.63, 3.8) is 0 Å². The summed E-state index contributed by atoms with van der Waals surface area (Å²) in [5.74, 6) is -0.751. The third kappa shape index (κ3) is 2.99. The Kier molecular flexibility index (Phi) is 4.30. The maximum atomic E-state index is 12.3. The van der Waals surface area contributed by atoms with Gasteiger partial charge in [-0.25, -0.2) is 0 Å². The summed E-state index contributed by atoms with van der Waals surface area (Å²) < 4.78 is 10.2. The second kappa shape index (κ2) is 6.55. The molecule has 2 amide bonds. The molecule has 122 valence electrons. The van der Waals surface area contributed by atoms with Gasteiger partial charge in [0, 0.05) is 5.56 Å². The van der Waals surface area contributed by atoms with Crippen molar-refractivity contribution < 1.29 is 18.8 Å². The second-order valence-corrected chi connectivity index (χ2v) is 5.71. The smallest absolute Gasteiger partial charge is 0.258 e. The number of nitrogens with one attached hydrogen (secondary N) is 1. The molecule has 0 saturated heterocycles. The van der Waals surface area contributed by atoms with E-state index in [1.165, 1.54) is 18.4 Å². The zero-order valence-electron chi connectivity index (χ0n) is 12.6. The van der Waals surface area contributed by atoms with Gasteiger partial charge in [0.05, 0.1) is 12.0 Å². The largest absolute Gasteiger partial charge is 0.497 e. The molecule has 3 N–H and O–H groups in total. The number of primary amides is 1. The van der Waals surface area contributed by atoms with E-state index in [-0.39, 0.29) is 11.4 Å². The lowest BCUT2D eigenvalue weighted by atomic mass is 10.1. The summed E-state index contributed by atoms with van der Waals surface area (Å²) in [6.45, 7) is 0. The Hall–Kier alpha value is -3.13. The highest BCUT2D eigenvalue weighted by molar-refractivity contribution is 7.13. The number of nitrogens with two attached hydrogens (primary N) is 1. The van der Waals surface area contributed by atoms with Crippen molar-refractivity contribution in [2.24, 2.45) is 5.73 Å². The summed E-state index contributed by atoms with van der Waals surface area (Å²) in [5.41, 5.74) is 6.11. The number of aromatic nitrogens is 1. The van der Waals surface area contributed by atoms with Crippen LogP contribution in [0.1, 0.15) is 20.7 Å². The van der Waals surface area contributed by atoms with Gasteiger partial charge in [-0.3, -0.25) is 14.9 Å². The fourth-order valence-electron chi connectivity index (χ4n) is 2.13. The first kappa shape index (κ1) is 15.8. The summed E-state index contributed by atoms with van der Waals surface area (Å²) in [7, 11) is 1.51. The summed E-state index contributed by atoms with van der Waals surface area (Å²) in [5, 5.41) is 8.21. The van der Waals surface area contributed by atoms with E-state index in [1.807, 2.05) is 11.4 Å². The van der Waals surface area contributed by atoms with Crippen LogP contribution in [0.4, 0.5) is 5.88 Å². The van der Waals surface area contributed by atoms with Crippen LogP contribution in [0.2, 0.25) is 0 Å². The average molecular weight is 343 g/mol. The van der Waals surface area contributed by atoms with Crippen molar-refractivity contribution in [3.05, 3.63) is 52.9 Å². The van der Waals surface area contributed by atoms with Gasteiger partial charge in [0.2, 0.25) is 5.88 Å². The van der Waals surface area contributed by atoms with Crippen molar-refractivity contribution in [1.29, 1.82) is 0 Å². The molecule has 0 spiro atoms. The maximum Gasteiger partial charge on any atom is 0.258 e. The van der Waals surface area contributed by atoms with E-state index >= 15 is 0 Å². The lowest BCUT2D eigenvalue weighted by Crippen LogP contribution is -2.17. The number of hydrogen-bond acceptors (Lipinski definition) is 6. The molecule has 24 heavy (non-hydrogen) atoms. The standard InChI is InChI=1S/C16H13N3O4S/c1-22-10-5-2-4-9(8-10)15(21)18-16-12(14(17)20)13(19-23-16)11-6-3-7-24-11/h2-8H,1H3,(H2,17,20)(H,18,21). The molecule has 0 radical (unpaired) electrons. The Morgan fingerprint density at radius 2 is 2.12 bits per heavy atom. The highest BCUT2D eigenvalue weighted by atomic mass is 32.1. The molecule has 0 aliphatic carbocycles. The van der Waals surface area contributed by atoms with E-state index in [1.54, 1.807) is 30.3 Å². The number of anilines is 1. The van der Waals surface area contributed by atoms with E-state index < -0.39 is 11.8 Å². The van der Waals surface area contributed by atoms with Crippen molar-refractivity contribution in [1.82, 2.24) is 5.16 Å². The molecule has 0 aliphatic heterocycles. The van der Waals surface area contributed by atoms with Crippen LogP contribution in [0.3, 0.4) is 0 Å². The number of carbonyl (C=O) groups is 2. The highest BCUT2D eigenvalue weighted by Gasteiger charge is 2.24. The minimum atomic E-state index is -0.736. The molecule has 0 aliphatic rings. The van der Waals surface area contributed by atoms with E-state index in [9.17, 15) is 9.59 Å². The second-order valence-electron chi connectivity index (χ2n) is 4.76. The maximum absolute atomic E-state index is 12.3. The molecule has 0 saturated carbocycles. The molecule has 0 unspecified atom stereocenters. The number of thiophene rings is 1. The predicted molar refractivity (Wildman–Crippen MR) is 89.3 cm³/mol. The van der Waals surface area contributed by atoms with Gasteiger partial charge in [0.15, 0.2) is 0 Å². The fourth-order valence-corrected chi connectivity index (χ4v) is 2.84. The molecule has 3 aromatic rings. The Labute approximate surface area is 141 Å². The first-order valence-electron chi connectivity index (χ1n) is 6.89. The number of hydrogen-bond donors (Lipinski definition) is 2. The Bertz CT molecular complexity index is 887. The van der Waals surface area contributed by atoms with E-state index in [4.69, 9.17) is 15.0 Å². The Morgan fingerprint density at radius 1 is 1.29 bits per heavy atom. The number of ether oxygens (including phenoxy) is 1. The Morgan fingerprint density at radius 3 is 2.79 bits per heavy atom. The molecule has 2 aromatic heterocycles. The van der Waals surface area contributed by atoms with Gasteiger partial charge in [0.1, 0.15) is 17.0 Å². The van der Waals surface area contributed by atoms with Crippen LogP contribution in [0.15, 0.2) is 46.3 Å². The van der Waals surface area contributed by atoms with Crippen LogP contribution in [0.25, 0.3) is 10.6 Å². The van der Waals surface area contributed by atoms with Crippen molar-refractivity contribution in [2.45, 2.75) is 0 Å². The first-order chi connectivity index (χ1) is 11.6. The summed E-state index contributed by atoms with van der Waals surface area (Å²) in [6.07, 6.45) is 0. The third-order valence-electron chi connectivity index (χ3n) is 3.25. The van der Waals surface area contributed by atoms with Gasteiger partial charge in [-0.15, -0.1) is 11.3 Å². The number of rotatable bonds is 5. The average Bonchev–Trinajstić information content (AvgIpc) is 3.23. The van der Waals surface area contributed by atoms with Gasteiger partial charge in [-0.1, -0.05) is 17.3 Å². The van der Waals surface area contributed by atoms with Crippen molar-refractivity contribution in [2.75, 3.05) is 12.4 Å². The van der Waals surface area contributed by atoms with Crippen molar-refractivity contribution in [3.8, 4) is 16.3 Å². The normalized spacial score (nSPS) is 10.4. The molecule has 7 nitrogen and oxygen atoms in total. The number of nitrogens with zero attached hydrogens (tertiary/aromatic N) is 1. The van der Waals surface area contributed by atoms with E-state index in [2.05, 4.69) is 10.5 Å². The third-order valence-corrected chi connectivity index (χ3v) is 4.13.